The summed E-state index contributed by atoms with van der Waals surface area (Å²) >= 11 is 2.59. The van der Waals surface area contributed by atoms with Gasteiger partial charge in [0.05, 0.1) is 0 Å². The Morgan fingerprint density at radius 3 is 2.41 bits per heavy atom. The second-order valence-corrected chi connectivity index (χ2v) is 11.5. The fraction of sp³-hybridized carbons (Fsp3) is 0.600. The highest BCUT2D eigenvalue weighted by Crippen LogP contribution is 2.33. The molecule has 0 saturated heterocycles. The lowest BCUT2D eigenvalue weighted by Crippen LogP contribution is -2.22. The SMILES string of the molecule is CC(C)CCC(C)(C)C(=O)SCCCC(F)(F)CCCSc1cc(=O)oc2ccccc12. The molecule has 0 radical (unpaired) electrons. The van der Waals surface area contributed by atoms with Gasteiger partial charge in [-0.25, -0.2) is 13.6 Å². The molecule has 0 bridgehead atoms. The van der Waals surface area contributed by atoms with Gasteiger partial charge in [-0.3, -0.25) is 4.79 Å². The Hall–Kier alpha value is -1.34. The van der Waals surface area contributed by atoms with Gasteiger partial charge in [0.2, 0.25) is 5.92 Å². The first-order chi connectivity index (χ1) is 15.0. The summed E-state index contributed by atoms with van der Waals surface area (Å²) in [4.78, 5) is 24.9. The van der Waals surface area contributed by atoms with E-state index < -0.39 is 17.0 Å². The molecule has 0 fully saturated rings. The molecule has 0 amide bonds. The van der Waals surface area contributed by atoms with Gasteiger partial charge in [0.1, 0.15) is 5.58 Å². The van der Waals surface area contributed by atoms with E-state index in [1.54, 1.807) is 12.1 Å². The van der Waals surface area contributed by atoms with Crippen LogP contribution in [0.15, 0.2) is 44.4 Å². The average Bonchev–Trinajstić information content (AvgIpc) is 2.72. The molecule has 3 nitrogen and oxygen atoms in total. The molecule has 7 heteroatoms. The highest BCUT2D eigenvalue weighted by atomic mass is 32.2. The molecule has 0 N–H and O–H groups in total. The second kappa shape index (κ2) is 12.2. The standard InChI is InChI=1S/C25H34F2O3S2/c1-18(2)11-14-24(3,4)23(29)32-16-8-13-25(26,27)12-7-15-31-21-17-22(28)30-20-10-6-5-9-19(20)21/h5-6,9-10,17-18H,7-8,11-16H2,1-4H3. The Labute approximate surface area is 198 Å². The first-order valence-electron chi connectivity index (χ1n) is 11.2. The number of carbonyl (C=O) groups is 1. The van der Waals surface area contributed by atoms with Crippen molar-refractivity contribution < 1.29 is 18.0 Å². The fourth-order valence-electron chi connectivity index (χ4n) is 3.28. The maximum atomic E-state index is 14.3. The highest BCUT2D eigenvalue weighted by molar-refractivity contribution is 8.13. The summed E-state index contributed by atoms with van der Waals surface area (Å²) in [5.41, 5.74) is -0.337. The third-order valence-corrected chi connectivity index (χ3v) is 7.82. The highest BCUT2D eigenvalue weighted by Gasteiger charge is 2.30. The lowest BCUT2D eigenvalue weighted by atomic mass is 9.87. The van der Waals surface area contributed by atoms with Crippen LogP contribution in [0.4, 0.5) is 8.78 Å². The Kier molecular flexibility index (Phi) is 10.3. The second-order valence-electron chi connectivity index (χ2n) is 9.29. The van der Waals surface area contributed by atoms with Gasteiger partial charge in [0.25, 0.3) is 0 Å². The Morgan fingerprint density at radius 1 is 1.06 bits per heavy atom. The number of para-hydroxylation sites is 1. The predicted octanol–water partition coefficient (Wildman–Crippen LogP) is 7.80. The zero-order valence-electron chi connectivity index (χ0n) is 19.4. The minimum atomic E-state index is -2.74. The van der Waals surface area contributed by atoms with Gasteiger partial charge in [-0.1, -0.05) is 64.1 Å². The molecule has 2 aromatic rings. The number of rotatable bonds is 13. The minimum Gasteiger partial charge on any atom is -0.423 e. The number of carbonyl (C=O) groups excluding carboxylic acids is 1. The van der Waals surface area contributed by atoms with E-state index in [1.165, 1.54) is 29.6 Å². The molecule has 32 heavy (non-hydrogen) atoms. The molecule has 0 unspecified atom stereocenters. The van der Waals surface area contributed by atoms with E-state index in [-0.39, 0.29) is 18.0 Å². The first-order valence-corrected chi connectivity index (χ1v) is 13.2. The lowest BCUT2D eigenvalue weighted by molar-refractivity contribution is -0.118. The van der Waals surface area contributed by atoms with Crippen LogP contribution in [0, 0.1) is 11.3 Å². The van der Waals surface area contributed by atoms with Crippen LogP contribution in [-0.4, -0.2) is 22.5 Å². The van der Waals surface area contributed by atoms with Crippen LogP contribution in [0.25, 0.3) is 11.0 Å². The Balaban J connectivity index is 1.71. The van der Waals surface area contributed by atoms with E-state index in [1.807, 2.05) is 26.0 Å². The molecule has 0 atom stereocenters. The lowest BCUT2D eigenvalue weighted by Gasteiger charge is -2.23. The van der Waals surface area contributed by atoms with Gasteiger partial charge in [-0.15, -0.1) is 11.8 Å². The smallest absolute Gasteiger partial charge is 0.337 e. The fourth-order valence-corrected chi connectivity index (χ4v) is 5.26. The van der Waals surface area contributed by atoms with Crippen molar-refractivity contribution in [3.8, 4) is 0 Å². The van der Waals surface area contributed by atoms with E-state index in [0.717, 1.165) is 23.1 Å². The Bertz CT molecular complexity index is 938. The summed E-state index contributed by atoms with van der Waals surface area (Å²) in [6.07, 6.45) is 2.07. The van der Waals surface area contributed by atoms with Gasteiger partial charge >= 0.3 is 5.63 Å². The van der Waals surface area contributed by atoms with Crippen LogP contribution in [0.5, 0.6) is 0 Å². The number of benzene rings is 1. The van der Waals surface area contributed by atoms with Gasteiger partial charge in [0, 0.05) is 40.4 Å². The molecule has 178 valence electrons. The third-order valence-electron chi connectivity index (χ3n) is 5.38. The van der Waals surface area contributed by atoms with Crippen molar-refractivity contribution in [2.24, 2.45) is 11.3 Å². The van der Waals surface area contributed by atoms with E-state index in [0.29, 0.717) is 35.8 Å². The zero-order valence-corrected chi connectivity index (χ0v) is 21.1. The third kappa shape index (κ3) is 8.89. The summed E-state index contributed by atoms with van der Waals surface area (Å²) in [5.74, 6) is -1.27. The molecule has 0 saturated carbocycles. The predicted molar refractivity (Wildman–Crippen MR) is 132 cm³/mol. The van der Waals surface area contributed by atoms with E-state index >= 15 is 0 Å². The summed E-state index contributed by atoms with van der Waals surface area (Å²) in [7, 11) is 0. The van der Waals surface area contributed by atoms with Crippen molar-refractivity contribution in [2.45, 2.75) is 77.0 Å². The minimum absolute atomic E-state index is 0.0948. The van der Waals surface area contributed by atoms with Crippen LogP contribution in [0.3, 0.4) is 0 Å². The van der Waals surface area contributed by atoms with Crippen molar-refractivity contribution in [2.75, 3.05) is 11.5 Å². The van der Waals surface area contributed by atoms with Crippen LogP contribution in [-0.2, 0) is 4.79 Å². The first kappa shape index (κ1) is 26.9. The number of fused-ring (bicyclic) bond motifs is 1. The summed E-state index contributed by atoms with van der Waals surface area (Å²) in [6.45, 7) is 8.15. The van der Waals surface area contributed by atoms with Gasteiger partial charge in [0.15, 0.2) is 5.12 Å². The quantitative estimate of drug-likeness (QED) is 0.165. The number of thioether (sulfide) groups is 2. The molecule has 0 aliphatic heterocycles. The average molecular weight is 485 g/mol. The van der Waals surface area contributed by atoms with Gasteiger partial charge in [-0.05, 0) is 37.0 Å². The van der Waals surface area contributed by atoms with E-state index in [4.69, 9.17) is 4.42 Å². The number of hydrogen-bond acceptors (Lipinski definition) is 5. The maximum Gasteiger partial charge on any atom is 0.337 e. The topological polar surface area (TPSA) is 47.3 Å². The van der Waals surface area contributed by atoms with Crippen molar-refractivity contribution in [3.63, 3.8) is 0 Å². The van der Waals surface area contributed by atoms with Crippen molar-refractivity contribution >= 4 is 39.6 Å². The molecule has 0 spiro atoms. The van der Waals surface area contributed by atoms with Crippen LogP contribution in [0.2, 0.25) is 0 Å². The summed E-state index contributed by atoms with van der Waals surface area (Å²) < 4.78 is 33.7. The molecule has 1 aromatic carbocycles. The maximum absolute atomic E-state index is 14.3. The van der Waals surface area contributed by atoms with Crippen molar-refractivity contribution in [3.05, 3.63) is 40.8 Å². The Morgan fingerprint density at radius 2 is 1.72 bits per heavy atom. The van der Waals surface area contributed by atoms with E-state index in [9.17, 15) is 18.4 Å². The molecule has 1 aromatic heterocycles. The molecular weight excluding hydrogens is 450 g/mol. The van der Waals surface area contributed by atoms with Gasteiger partial charge < -0.3 is 4.42 Å². The monoisotopic (exact) mass is 484 g/mol. The number of hydrogen-bond donors (Lipinski definition) is 0. The molecule has 0 aliphatic carbocycles. The van der Waals surface area contributed by atoms with Crippen molar-refractivity contribution in [1.29, 1.82) is 0 Å². The summed E-state index contributed by atoms with van der Waals surface area (Å²) in [6, 6.07) is 8.65. The summed E-state index contributed by atoms with van der Waals surface area (Å²) in [5, 5.41) is 0.916. The number of alkyl halides is 2. The number of halogens is 2. The zero-order chi connectivity index (χ0) is 23.8. The largest absolute Gasteiger partial charge is 0.423 e. The normalized spacial score (nSPS) is 12.6. The van der Waals surface area contributed by atoms with Crippen LogP contribution in [0.1, 0.15) is 66.2 Å². The molecule has 0 aliphatic rings. The van der Waals surface area contributed by atoms with Crippen molar-refractivity contribution in [1.82, 2.24) is 0 Å². The molecular formula is C25H34F2O3S2. The molecule has 2 rings (SSSR count). The molecule has 1 heterocycles. The van der Waals surface area contributed by atoms with Crippen LogP contribution < -0.4 is 5.63 Å². The van der Waals surface area contributed by atoms with E-state index in [2.05, 4.69) is 13.8 Å². The van der Waals surface area contributed by atoms with Gasteiger partial charge in [-0.2, -0.15) is 0 Å². The van der Waals surface area contributed by atoms with Crippen LogP contribution >= 0.6 is 23.5 Å².